The maximum Gasteiger partial charge on any atom is 0.0586 e. The molecule has 1 aliphatic heterocycles. The highest BCUT2D eigenvalue weighted by Crippen LogP contribution is 2.34. The van der Waals surface area contributed by atoms with Crippen molar-refractivity contribution in [1.29, 1.82) is 0 Å². The van der Waals surface area contributed by atoms with Crippen molar-refractivity contribution < 1.29 is 4.74 Å². The summed E-state index contributed by atoms with van der Waals surface area (Å²) < 4.78 is 5.63. The van der Waals surface area contributed by atoms with Crippen LogP contribution in [-0.4, -0.2) is 48.8 Å². The summed E-state index contributed by atoms with van der Waals surface area (Å²) >= 11 is 0. The summed E-state index contributed by atoms with van der Waals surface area (Å²) in [4.78, 5) is 2.77. The minimum Gasteiger partial charge on any atom is -0.381 e. The Morgan fingerprint density at radius 3 is 2.50 bits per heavy atom. The zero-order valence-electron chi connectivity index (χ0n) is 14.3. The van der Waals surface area contributed by atoms with Crippen molar-refractivity contribution in [2.75, 3.05) is 20.2 Å². The van der Waals surface area contributed by atoms with Gasteiger partial charge in [0.2, 0.25) is 0 Å². The van der Waals surface area contributed by atoms with Crippen LogP contribution in [0.2, 0.25) is 0 Å². The number of rotatable bonds is 2. The van der Waals surface area contributed by atoms with Gasteiger partial charge in [0.05, 0.1) is 6.10 Å². The lowest BCUT2D eigenvalue weighted by atomic mass is 9.80. The number of ether oxygens (including phenoxy) is 1. The molecule has 3 heteroatoms. The molecule has 118 valence electrons. The average molecular weight is 282 g/mol. The van der Waals surface area contributed by atoms with Gasteiger partial charge >= 0.3 is 0 Å². The monoisotopic (exact) mass is 282 g/mol. The molecule has 2 fully saturated rings. The van der Waals surface area contributed by atoms with Crippen molar-refractivity contribution in [1.82, 2.24) is 10.2 Å². The fourth-order valence-corrected chi connectivity index (χ4v) is 3.82. The van der Waals surface area contributed by atoms with E-state index < -0.39 is 0 Å². The number of hydrogen-bond acceptors (Lipinski definition) is 3. The molecule has 2 aliphatic rings. The maximum absolute atomic E-state index is 5.63. The Kier molecular flexibility index (Phi) is 4.83. The highest BCUT2D eigenvalue weighted by atomic mass is 16.5. The van der Waals surface area contributed by atoms with Crippen LogP contribution in [-0.2, 0) is 4.74 Å². The van der Waals surface area contributed by atoms with E-state index in [1.54, 1.807) is 0 Å². The Morgan fingerprint density at radius 1 is 1.20 bits per heavy atom. The standard InChI is InChI=1S/C17H34N2O/c1-16(2,3)15-11-19(17(4,5)12-18-15)13-8-7-9-14(10-13)20-6/h13-15,18H,7-12H2,1-6H3. The third-order valence-electron chi connectivity index (χ3n) is 5.36. The minimum absolute atomic E-state index is 0.252. The smallest absolute Gasteiger partial charge is 0.0586 e. The van der Waals surface area contributed by atoms with E-state index in [1.807, 2.05) is 7.11 Å². The molecule has 3 unspecified atom stereocenters. The summed E-state index contributed by atoms with van der Waals surface area (Å²) in [6.45, 7) is 14.1. The molecule has 1 aliphatic carbocycles. The minimum atomic E-state index is 0.252. The Labute approximate surface area is 125 Å². The molecular formula is C17H34N2O. The van der Waals surface area contributed by atoms with E-state index in [2.05, 4.69) is 44.8 Å². The van der Waals surface area contributed by atoms with Gasteiger partial charge in [0.15, 0.2) is 0 Å². The number of piperazine rings is 1. The molecule has 0 radical (unpaired) electrons. The Balaban J connectivity index is 2.09. The topological polar surface area (TPSA) is 24.5 Å². The van der Waals surface area contributed by atoms with Gasteiger partial charge in [0, 0.05) is 37.8 Å². The van der Waals surface area contributed by atoms with E-state index in [9.17, 15) is 0 Å². The molecule has 0 spiro atoms. The van der Waals surface area contributed by atoms with E-state index >= 15 is 0 Å². The first-order chi connectivity index (χ1) is 9.24. The first-order valence-corrected chi connectivity index (χ1v) is 8.27. The first kappa shape index (κ1) is 16.3. The van der Waals surface area contributed by atoms with Crippen LogP contribution in [0.15, 0.2) is 0 Å². The first-order valence-electron chi connectivity index (χ1n) is 8.27. The lowest BCUT2D eigenvalue weighted by Gasteiger charge is -2.53. The summed E-state index contributed by atoms with van der Waals surface area (Å²) in [6.07, 6.45) is 5.55. The highest BCUT2D eigenvalue weighted by Gasteiger charge is 2.42. The third kappa shape index (κ3) is 3.55. The van der Waals surface area contributed by atoms with Gasteiger partial charge in [0.25, 0.3) is 0 Å². The van der Waals surface area contributed by atoms with Crippen LogP contribution in [0.5, 0.6) is 0 Å². The Hall–Kier alpha value is -0.120. The number of nitrogens with one attached hydrogen (secondary N) is 1. The van der Waals surface area contributed by atoms with Crippen LogP contribution in [0.1, 0.15) is 60.3 Å². The zero-order chi connectivity index (χ0) is 15.0. The van der Waals surface area contributed by atoms with Gasteiger partial charge < -0.3 is 10.1 Å². The van der Waals surface area contributed by atoms with Crippen molar-refractivity contribution in [3.63, 3.8) is 0 Å². The van der Waals surface area contributed by atoms with Crippen LogP contribution in [0.4, 0.5) is 0 Å². The zero-order valence-corrected chi connectivity index (χ0v) is 14.3. The molecule has 1 N–H and O–H groups in total. The molecule has 2 rings (SSSR count). The van der Waals surface area contributed by atoms with Gasteiger partial charge in [-0.1, -0.05) is 20.8 Å². The molecule has 1 saturated heterocycles. The second-order valence-corrected chi connectivity index (χ2v) is 8.44. The van der Waals surface area contributed by atoms with Crippen LogP contribution in [0.25, 0.3) is 0 Å². The van der Waals surface area contributed by atoms with Crippen molar-refractivity contribution in [2.45, 2.75) is 84.0 Å². The van der Waals surface area contributed by atoms with Gasteiger partial charge in [0.1, 0.15) is 0 Å². The van der Waals surface area contributed by atoms with Crippen LogP contribution in [0.3, 0.4) is 0 Å². The molecular weight excluding hydrogens is 248 g/mol. The van der Waals surface area contributed by atoms with E-state index in [1.165, 1.54) is 25.7 Å². The normalized spacial score (nSPS) is 36.0. The van der Waals surface area contributed by atoms with Crippen LogP contribution in [0, 0.1) is 5.41 Å². The molecule has 0 aromatic heterocycles. The van der Waals surface area contributed by atoms with Gasteiger partial charge in [-0.05, 0) is 44.9 Å². The fourth-order valence-electron chi connectivity index (χ4n) is 3.82. The molecule has 0 aromatic carbocycles. The lowest BCUT2D eigenvalue weighted by molar-refractivity contribution is -0.0387. The molecule has 0 bridgehead atoms. The Bertz CT molecular complexity index is 321. The molecule has 0 amide bonds. The van der Waals surface area contributed by atoms with E-state index in [4.69, 9.17) is 4.74 Å². The quantitative estimate of drug-likeness (QED) is 0.842. The van der Waals surface area contributed by atoms with E-state index in [-0.39, 0.29) is 5.54 Å². The summed E-state index contributed by atoms with van der Waals surface area (Å²) in [7, 11) is 1.87. The van der Waals surface area contributed by atoms with Gasteiger partial charge in [-0.15, -0.1) is 0 Å². The summed E-state index contributed by atoms with van der Waals surface area (Å²) in [6, 6.07) is 1.27. The SMILES string of the molecule is COC1CCCC(N2CC(C(C)(C)C)NCC2(C)C)C1. The van der Waals surface area contributed by atoms with Crippen molar-refractivity contribution in [3.05, 3.63) is 0 Å². The molecule has 3 atom stereocenters. The summed E-state index contributed by atoms with van der Waals surface area (Å²) in [5, 5.41) is 3.77. The number of nitrogens with zero attached hydrogens (tertiary/aromatic N) is 1. The van der Waals surface area contributed by atoms with Gasteiger partial charge in [-0.2, -0.15) is 0 Å². The number of methoxy groups -OCH3 is 1. The summed E-state index contributed by atoms with van der Waals surface area (Å²) in [5.74, 6) is 0. The Morgan fingerprint density at radius 2 is 1.90 bits per heavy atom. The van der Waals surface area contributed by atoms with Crippen molar-refractivity contribution in [3.8, 4) is 0 Å². The predicted octanol–water partition coefficient (Wildman–Crippen LogP) is 3.04. The molecule has 20 heavy (non-hydrogen) atoms. The second kappa shape index (κ2) is 5.94. The molecule has 0 aromatic rings. The van der Waals surface area contributed by atoms with Gasteiger partial charge in [-0.3, -0.25) is 4.90 Å². The van der Waals surface area contributed by atoms with Crippen molar-refractivity contribution in [2.24, 2.45) is 5.41 Å². The lowest BCUT2D eigenvalue weighted by Crippen LogP contribution is -2.67. The van der Waals surface area contributed by atoms with E-state index in [0.29, 0.717) is 23.6 Å². The van der Waals surface area contributed by atoms with Gasteiger partial charge in [-0.25, -0.2) is 0 Å². The summed E-state index contributed by atoms with van der Waals surface area (Å²) in [5.41, 5.74) is 0.576. The second-order valence-electron chi connectivity index (χ2n) is 8.44. The highest BCUT2D eigenvalue weighted by molar-refractivity contribution is 5.00. The third-order valence-corrected chi connectivity index (χ3v) is 5.36. The maximum atomic E-state index is 5.63. The van der Waals surface area contributed by atoms with Crippen molar-refractivity contribution >= 4 is 0 Å². The molecule has 1 saturated carbocycles. The van der Waals surface area contributed by atoms with Crippen LogP contribution >= 0.6 is 0 Å². The molecule has 3 nitrogen and oxygen atoms in total. The average Bonchev–Trinajstić information content (AvgIpc) is 2.37. The number of hydrogen-bond donors (Lipinski definition) is 1. The largest absolute Gasteiger partial charge is 0.381 e. The fraction of sp³-hybridized carbons (Fsp3) is 1.00. The molecule has 1 heterocycles. The van der Waals surface area contributed by atoms with Crippen LogP contribution < -0.4 is 5.32 Å². The predicted molar refractivity (Wildman–Crippen MR) is 85.1 cm³/mol. The van der Waals surface area contributed by atoms with E-state index in [0.717, 1.165) is 13.1 Å².